The molecule has 0 N–H and O–H groups in total. The lowest BCUT2D eigenvalue weighted by atomic mass is 9.81. The first-order valence-corrected chi connectivity index (χ1v) is 17.7. The Morgan fingerprint density at radius 3 is 2.06 bits per heavy atom. The lowest BCUT2D eigenvalue weighted by molar-refractivity contribution is 0.661. The van der Waals surface area contributed by atoms with Crippen LogP contribution in [0, 0.1) is 0 Å². The van der Waals surface area contributed by atoms with Gasteiger partial charge in [-0.15, -0.1) is 0 Å². The van der Waals surface area contributed by atoms with Crippen LogP contribution in [-0.4, -0.2) is 0 Å². The maximum Gasteiger partial charge on any atom is 0.143 e. The van der Waals surface area contributed by atoms with Gasteiger partial charge in [0.2, 0.25) is 0 Å². The van der Waals surface area contributed by atoms with E-state index >= 15 is 0 Å². The second-order valence-electron chi connectivity index (χ2n) is 14.1. The molecule has 0 radical (unpaired) electrons. The highest BCUT2D eigenvalue weighted by atomic mass is 16.3. The van der Waals surface area contributed by atoms with E-state index in [1.165, 1.54) is 50.0 Å². The van der Waals surface area contributed by atoms with Crippen LogP contribution in [0.15, 0.2) is 180 Å². The molecule has 0 unspecified atom stereocenters. The van der Waals surface area contributed by atoms with E-state index in [4.69, 9.17) is 4.42 Å². The summed E-state index contributed by atoms with van der Waals surface area (Å²) in [6, 6.07) is 63.6. The molecule has 1 aliphatic rings. The van der Waals surface area contributed by atoms with Gasteiger partial charge in [-0.05, 0) is 92.4 Å². The molecule has 1 heterocycles. The van der Waals surface area contributed by atoms with Gasteiger partial charge in [-0.1, -0.05) is 147 Å². The summed E-state index contributed by atoms with van der Waals surface area (Å²) in [5.41, 5.74) is 15.2. The number of nitrogens with zero attached hydrogens (tertiary/aromatic N) is 1. The van der Waals surface area contributed by atoms with E-state index < -0.39 is 0 Å². The standard InChI is InChI=1S/C49H35NO/c1-49(2)43-22-9-8-19-40(43)41-21-11-23-44(47(41)49)50(37-17-10-16-35(31-37)32-13-4-3-5-14-32)36-28-25-34(26-29-36)38-20-12-24-45-46(38)42-30-27-33-15-6-7-18-39(33)48(42)51-45/h3-31H,1-2H3. The van der Waals surface area contributed by atoms with Crippen LogP contribution in [0.2, 0.25) is 0 Å². The van der Waals surface area contributed by atoms with E-state index in [9.17, 15) is 0 Å². The van der Waals surface area contributed by atoms with Gasteiger partial charge in [-0.3, -0.25) is 0 Å². The highest BCUT2D eigenvalue weighted by molar-refractivity contribution is 6.19. The van der Waals surface area contributed by atoms with Crippen molar-refractivity contribution in [2.45, 2.75) is 19.3 Å². The Kier molecular flexibility index (Phi) is 6.56. The molecule has 2 nitrogen and oxygen atoms in total. The molecule has 1 aliphatic carbocycles. The zero-order valence-corrected chi connectivity index (χ0v) is 28.6. The second kappa shape index (κ2) is 11.3. The van der Waals surface area contributed by atoms with Crippen molar-refractivity contribution in [1.82, 2.24) is 0 Å². The Morgan fingerprint density at radius 2 is 1.18 bits per heavy atom. The van der Waals surface area contributed by atoms with E-state index in [-0.39, 0.29) is 5.41 Å². The van der Waals surface area contributed by atoms with E-state index in [1.807, 2.05) is 0 Å². The fourth-order valence-corrected chi connectivity index (χ4v) is 8.47. The summed E-state index contributed by atoms with van der Waals surface area (Å²) in [5, 5.41) is 4.62. The third-order valence-electron chi connectivity index (χ3n) is 10.8. The Balaban J connectivity index is 1.15. The number of hydrogen-bond acceptors (Lipinski definition) is 2. The van der Waals surface area contributed by atoms with E-state index in [0.29, 0.717) is 0 Å². The monoisotopic (exact) mass is 653 g/mol. The molecule has 8 aromatic carbocycles. The van der Waals surface area contributed by atoms with Crippen LogP contribution >= 0.6 is 0 Å². The largest absolute Gasteiger partial charge is 0.455 e. The quantitative estimate of drug-likeness (QED) is 0.184. The predicted octanol–water partition coefficient (Wildman–Crippen LogP) is 13.8. The summed E-state index contributed by atoms with van der Waals surface area (Å²) in [4.78, 5) is 2.45. The van der Waals surface area contributed by atoms with Crippen molar-refractivity contribution in [1.29, 1.82) is 0 Å². The van der Waals surface area contributed by atoms with Gasteiger partial charge < -0.3 is 9.32 Å². The molecule has 9 aromatic rings. The van der Waals surface area contributed by atoms with Gasteiger partial charge in [0.1, 0.15) is 11.2 Å². The van der Waals surface area contributed by atoms with Gasteiger partial charge in [0.15, 0.2) is 0 Å². The third kappa shape index (κ3) is 4.57. The Hall–Kier alpha value is -6.38. The number of benzene rings is 8. The van der Waals surface area contributed by atoms with Crippen molar-refractivity contribution >= 4 is 49.8 Å². The van der Waals surface area contributed by atoms with Crippen LogP contribution in [0.25, 0.3) is 66.1 Å². The molecule has 242 valence electrons. The minimum atomic E-state index is -0.167. The number of anilines is 3. The minimum Gasteiger partial charge on any atom is -0.455 e. The number of fused-ring (bicyclic) bond motifs is 8. The first-order chi connectivity index (χ1) is 25.1. The second-order valence-corrected chi connectivity index (χ2v) is 14.1. The van der Waals surface area contributed by atoms with Gasteiger partial charge in [0, 0.05) is 32.9 Å². The fraction of sp³-hybridized carbons (Fsp3) is 0.0612. The van der Waals surface area contributed by atoms with Crippen LogP contribution in [-0.2, 0) is 5.41 Å². The summed E-state index contributed by atoms with van der Waals surface area (Å²) in [6.07, 6.45) is 0. The molecule has 0 fully saturated rings. The summed E-state index contributed by atoms with van der Waals surface area (Å²) in [6.45, 7) is 4.73. The maximum atomic E-state index is 6.53. The van der Waals surface area contributed by atoms with Gasteiger partial charge in [-0.2, -0.15) is 0 Å². The highest BCUT2D eigenvalue weighted by Gasteiger charge is 2.38. The zero-order valence-electron chi connectivity index (χ0n) is 28.6. The average Bonchev–Trinajstić information content (AvgIpc) is 3.69. The van der Waals surface area contributed by atoms with Crippen molar-refractivity contribution < 1.29 is 4.42 Å². The summed E-state index contributed by atoms with van der Waals surface area (Å²) < 4.78 is 6.53. The van der Waals surface area contributed by atoms with Crippen molar-refractivity contribution in [2.75, 3.05) is 4.90 Å². The van der Waals surface area contributed by atoms with Gasteiger partial charge in [0.05, 0.1) is 5.69 Å². The Bertz CT molecular complexity index is 2770. The molecule has 10 rings (SSSR count). The first kappa shape index (κ1) is 29.5. The number of rotatable bonds is 5. The molecule has 1 aromatic heterocycles. The van der Waals surface area contributed by atoms with Crippen molar-refractivity contribution in [2.24, 2.45) is 0 Å². The van der Waals surface area contributed by atoms with Gasteiger partial charge >= 0.3 is 0 Å². The predicted molar refractivity (Wildman–Crippen MR) is 214 cm³/mol. The summed E-state index contributed by atoms with van der Waals surface area (Å²) in [5.74, 6) is 0. The lowest BCUT2D eigenvalue weighted by Gasteiger charge is -2.32. The van der Waals surface area contributed by atoms with Crippen LogP contribution in [0.3, 0.4) is 0 Å². The molecule has 0 atom stereocenters. The van der Waals surface area contributed by atoms with Gasteiger partial charge in [0.25, 0.3) is 0 Å². The molecular weight excluding hydrogens is 619 g/mol. The molecule has 0 amide bonds. The van der Waals surface area contributed by atoms with E-state index in [2.05, 4.69) is 195 Å². The molecule has 0 saturated carbocycles. The molecule has 51 heavy (non-hydrogen) atoms. The third-order valence-corrected chi connectivity index (χ3v) is 10.8. The minimum absolute atomic E-state index is 0.167. The van der Waals surface area contributed by atoms with Crippen LogP contribution < -0.4 is 4.90 Å². The number of furan rings is 1. The van der Waals surface area contributed by atoms with Crippen LogP contribution in [0.1, 0.15) is 25.0 Å². The fourth-order valence-electron chi connectivity index (χ4n) is 8.47. The number of hydrogen-bond donors (Lipinski definition) is 0. The van der Waals surface area contributed by atoms with Crippen LogP contribution in [0.5, 0.6) is 0 Å². The smallest absolute Gasteiger partial charge is 0.143 e. The molecular formula is C49H35NO. The van der Waals surface area contributed by atoms with E-state index in [0.717, 1.165) is 44.3 Å². The molecule has 0 aliphatic heterocycles. The molecule has 0 spiro atoms. The zero-order chi connectivity index (χ0) is 34.1. The lowest BCUT2D eigenvalue weighted by Crippen LogP contribution is -2.20. The van der Waals surface area contributed by atoms with Crippen molar-refractivity contribution in [3.63, 3.8) is 0 Å². The van der Waals surface area contributed by atoms with Crippen molar-refractivity contribution in [3.05, 3.63) is 187 Å². The van der Waals surface area contributed by atoms with E-state index in [1.54, 1.807) is 0 Å². The molecule has 2 heteroatoms. The summed E-state index contributed by atoms with van der Waals surface area (Å²) in [7, 11) is 0. The highest BCUT2D eigenvalue weighted by Crippen LogP contribution is 2.54. The molecule has 0 saturated heterocycles. The Labute approximate surface area is 297 Å². The maximum absolute atomic E-state index is 6.53. The van der Waals surface area contributed by atoms with Crippen LogP contribution in [0.4, 0.5) is 17.1 Å². The normalized spacial score (nSPS) is 13.1. The molecule has 0 bridgehead atoms. The van der Waals surface area contributed by atoms with Gasteiger partial charge in [-0.25, -0.2) is 0 Å². The first-order valence-electron chi connectivity index (χ1n) is 17.7. The average molecular weight is 654 g/mol. The SMILES string of the molecule is CC1(C)c2ccccc2-c2cccc(N(c3ccc(-c4cccc5oc6c7ccccc7ccc6c45)cc3)c3cccc(-c4ccccc4)c3)c21. The Morgan fingerprint density at radius 1 is 0.471 bits per heavy atom. The topological polar surface area (TPSA) is 16.4 Å². The van der Waals surface area contributed by atoms with Crippen molar-refractivity contribution in [3.8, 4) is 33.4 Å². The summed E-state index contributed by atoms with van der Waals surface area (Å²) >= 11 is 0.